The van der Waals surface area contributed by atoms with Crippen LogP contribution < -0.4 is 14.8 Å². The van der Waals surface area contributed by atoms with Crippen LogP contribution in [-0.2, 0) is 4.79 Å². The van der Waals surface area contributed by atoms with Crippen molar-refractivity contribution in [1.82, 2.24) is 5.32 Å². The molecule has 1 aliphatic heterocycles. The van der Waals surface area contributed by atoms with Crippen LogP contribution in [0, 0.1) is 5.92 Å². The van der Waals surface area contributed by atoms with Gasteiger partial charge in [0.25, 0.3) is 5.91 Å². The summed E-state index contributed by atoms with van der Waals surface area (Å²) in [6.45, 7) is 0.141. The molecule has 1 aromatic rings. The quantitative estimate of drug-likeness (QED) is 0.867. The van der Waals surface area contributed by atoms with Gasteiger partial charge in [0.2, 0.25) is 6.79 Å². The van der Waals surface area contributed by atoms with E-state index in [2.05, 4.69) is 21.2 Å². The third kappa shape index (κ3) is 2.83. The molecule has 21 heavy (non-hydrogen) atoms. The Hall–Kier alpha value is -1.76. The van der Waals surface area contributed by atoms with Crippen LogP contribution in [0.15, 0.2) is 16.6 Å². The molecule has 0 radical (unpaired) electrons. The van der Waals surface area contributed by atoms with Crippen LogP contribution in [-0.4, -0.2) is 29.8 Å². The zero-order valence-electron chi connectivity index (χ0n) is 11.1. The number of aliphatic carboxylic acids is 1. The SMILES string of the molecule is O=C(N[C@@H]1CC[C@H](C(=O)O)C1)c1cc(Br)c2c(c1)OCO2. The molecule has 1 aromatic carbocycles. The highest BCUT2D eigenvalue weighted by atomic mass is 79.9. The third-order valence-corrected chi connectivity index (χ3v) is 4.40. The fourth-order valence-corrected chi connectivity index (χ4v) is 3.26. The molecule has 1 aliphatic carbocycles. The van der Waals surface area contributed by atoms with E-state index < -0.39 is 5.97 Å². The van der Waals surface area contributed by atoms with E-state index >= 15 is 0 Å². The largest absolute Gasteiger partial charge is 0.481 e. The average Bonchev–Trinajstić information content (AvgIpc) is 3.07. The van der Waals surface area contributed by atoms with E-state index in [1.165, 1.54) is 0 Å². The molecule has 6 nitrogen and oxygen atoms in total. The van der Waals surface area contributed by atoms with E-state index in [9.17, 15) is 9.59 Å². The van der Waals surface area contributed by atoms with Crippen molar-refractivity contribution in [3.05, 3.63) is 22.2 Å². The standard InChI is InChI=1S/C14H14BrNO5/c15-10-4-8(5-11-12(10)21-6-20-11)13(17)16-9-2-1-7(3-9)14(18)19/h4-5,7,9H,1-3,6H2,(H,16,17)(H,18,19)/t7-,9+/m0/s1. The van der Waals surface area contributed by atoms with Gasteiger partial charge in [-0.25, -0.2) is 0 Å². The fraction of sp³-hybridized carbons (Fsp3) is 0.429. The first-order valence-electron chi connectivity index (χ1n) is 6.67. The smallest absolute Gasteiger partial charge is 0.306 e. The molecule has 1 fully saturated rings. The minimum Gasteiger partial charge on any atom is -0.481 e. The monoisotopic (exact) mass is 355 g/mol. The van der Waals surface area contributed by atoms with Gasteiger partial charge in [0.15, 0.2) is 11.5 Å². The lowest BCUT2D eigenvalue weighted by atomic mass is 10.1. The van der Waals surface area contributed by atoms with Gasteiger partial charge in [0.1, 0.15) is 0 Å². The van der Waals surface area contributed by atoms with Crippen molar-refractivity contribution in [2.45, 2.75) is 25.3 Å². The summed E-state index contributed by atoms with van der Waals surface area (Å²) in [5.41, 5.74) is 0.463. The van der Waals surface area contributed by atoms with E-state index in [-0.39, 0.29) is 24.7 Å². The summed E-state index contributed by atoms with van der Waals surface area (Å²) in [5.74, 6) is -0.260. The second-order valence-corrected chi connectivity index (χ2v) is 6.06. The average molecular weight is 356 g/mol. The summed E-state index contributed by atoms with van der Waals surface area (Å²) in [5, 5.41) is 11.9. The second kappa shape index (κ2) is 5.55. The number of carbonyl (C=O) groups is 2. The summed E-state index contributed by atoms with van der Waals surface area (Å²) in [4.78, 5) is 23.2. The minimum atomic E-state index is -0.794. The Morgan fingerprint density at radius 1 is 1.29 bits per heavy atom. The van der Waals surface area contributed by atoms with Crippen molar-refractivity contribution in [2.24, 2.45) is 5.92 Å². The van der Waals surface area contributed by atoms with Crippen LogP contribution in [0.4, 0.5) is 0 Å². The molecule has 2 aliphatic rings. The number of fused-ring (bicyclic) bond motifs is 1. The number of carboxylic acids is 1. The fourth-order valence-electron chi connectivity index (χ4n) is 2.70. The van der Waals surface area contributed by atoms with Crippen molar-refractivity contribution >= 4 is 27.8 Å². The number of halogens is 1. The van der Waals surface area contributed by atoms with Crippen molar-refractivity contribution in [3.63, 3.8) is 0 Å². The number of nitrogens with one attached hydrogen (secondary N) is 1. The van der Waals surface area contributed by atoms with Gasteiger partial charge in [0.05, 0.1) is 10.4 Å². The Morgan fingerprint density at radius 2 is 2.10 bits per heavy atom. The lowest BCUT2D eigenvalue weighted by Gasteiger charge is -2.13. The van der Waals surface area contributed by atoms with Gasteiger partial charge in [-0.15, -0.1) is 0 Å². The molecular formula is C14H14BrNO5. The van der Waals surface area contributed by atoms with Gasteiger partial charge in [-0.2, -0.15) is 0 Å². The first kappa shape index (κ1) is 14.2. The molecule has 0 unspecified atom stereocenters. The Morgan fingerprint density at radius 3 is 2.81 bits per heavy atom. The van der Waals surface area contributed by atoms with Crippen LogP contribution in [0.5, 0.6) is 11.5 Å². The lowest BCUT2D eigenvalue weighted by molar-refractivity contribution is -0.141. The Bertz CT molecular complexity index is 603. The number of amides is 1. The van der Waals surface area contributed by atoms with E-state index in [0.717, 1.165) is 0 Å². The van der Waals surface area contributed by atoms with Crippen molar-refractivity contribution in [3.8, 4) is 11.5 Å². The van der Waals surface area contributed by atoms with E-state index in [1.54, 1.807) is 12.1 Å². The van der Waals surface area contributed by atoms with Gasteiger partial charge in [-0.05, 0) is 47.3 Å². The van der Waals surface area contributed by atoms with Crippen LogP contribution in [0.1, 0.15) is 29.6 Å². The molecular weight excluding hydrogens is 342 g/mol. The predicted octanol–water partition coefficient (Wildman–Crippen LogP) is 2.16. The molecule has 0 spiro atoms. The van der Waals surface area contributed by atoms with Gasteiger partial charge in [0, 0.05) is 11.6 Å². The summed E-state index contributed by atoms with van der Waals surface area (Å²) in [7, 11) is 0. The molecule has 0 saturated heterocycles. The van der Waals surface area contributed by atoms with Gasteiger partial charge in [-0.3, -0.25) is 9.59 Å². The van der Waals surface area contributed by atoms with Crippen molar-refractivity contribution in [1.29, 1.82) is 0 Å². The molecule has 2 N–H and O–H groups in total. The first-order valence-corrected chi connectivity index (χ1v) is 7.46. The lowest BCUT2D eigenvalue weighted by Crippen LogP contribution is -2.33. The molecule has 0 aromatic heterocycles. The number of carboxylic acid groups (broad SMARTS) is 1. The van der Waals surface area contributed by atoms with E-state index in [1.807, 2.05) is 0 Å². The number of carbonyl (C=O) groups excluding carboxylic acids is 1. The Labute approximate surface area is 129 Å². The summed E-state index contributed by atoms with van der Waals surface area (Å²) < 4.78 is 11.2. The number of rotatable bonds is 3. The molecule has 0 bridgehead atoms. The van der Waals surface area contributed by atoms with Crippen LogP contribution >= 0.6 is 15.9 Å². The Kier molecular flexibility index (Phi) is 3.75. The maximum Gasteiger partial charge on any atom is 0.306 e. The number of ether oxygens (including phenoxy) is 2. The molecule has 1 amide bonds. The minimum absolute atomic E-state index is 0.0946. The van der Waals surface area contributed by atoms with Crippen LogP contribution in [0.25, 0.3) is 0 Å². The van der Waals surface area contributed by atoms with Crippen LogP contribution in [0.2, 0.25) is 0 Å². The maximum atomic E-state index is 12.3. The molecule has 112 valence electrons. The highest BCUT2D eigenvalue weighted by Gasteiger charge is 2.31. The summed E-state index contributed by atoms with van der Waals surface area (Å²) in [6, 6.07) is 3.21. The van der Waals surface area contributed by atoms with Crippen LogP contribution in [0.3, 0.4) is 0 Å². The first-order chi connectivity index (χ1) is 10.0. The number of hydrogen-bond donors (Lipinski definition) is 2. The van der Waals surface area contributed by atoms with Crippen molar-refractivity contribution < 1.29 is 24.2 Å². The maximum absolute atomic E-state index is 12.3. The molecule has 7 heteroatoms. The van der Waals surface area contributed by atoms with E-state index in [4.69, 9.17) is 14.6 Å². The van der Waals surface area contributed by atoms with Gasteiger partial charge >= 0.3 is 5.97 Å². The summed E-state index contributed by atoms with van der Waals surface area (Å²) in [6.07, 6.45) is 1.77. The second-order valence-electron chi connectivity index (χ2n) is 5.21. The molecule has 1 heterocycles. The zero-order chi connectivity index (χ0) is 15.0. The van der Waals surface area contributed by atoms with Gasteiger partial charge in [-0.1, -0.05) is 0 Å². The topological polar surface area (TPSA) is 84.9 Å². The van der Waals surface area contributed by atoms with Crippen molar-refractivity contribution in [2.75, 3.05) is 6.79 Å². The molecule has 2 atom stereocenters. The molecule has 1 saturated carbocycles. The highest BCUT2D eigenvalue weighted by molar-refractivity contribution is 9.10. The molecule has 3 rings (SSSR count). The summed E-state index contributed by atoms with van der Waals surface area (Å²) >= 11 is 3.35. The zero-order valence-corrected chi connectivity index (χ0v) is 12.7. The predicted molar refractivity (Wildman–Crippen MR) is 76.5 cm³/mol. The normalized spacial score (nSPS) is 23.1. The number of hydrogen-bond acceptors (Lipinski definition) is 4. The Balaban J connectivity index is 1.69. The number of benzene rings is 1. The van der Waals surface area contributed by atoms with Gasteiger partial charge < -0.3 is 19.9 Å². The third-order valence-electron chi connectivity index (χ3n) is 3.81. The highest BCUT2D eigenvalue weighted by Crippen LogP contribution is 2.40. The van der Waals surface area contributed by atoms with E-state index in [0.29, 0.717) is 40.8 Å².